The first kappa shape index (κ1) is 21.4. The molecule has 0 fully saturated rings. The summed E-state index contributed by atoms with van der Waals surface area (Å²) in [5.74, 6) is -1.03. The summed E-state index contributed by atoms with van der Waals surface area (Å²) in [6.07, 6.45) is 0. The van der Waals surface area contributed by atoms with Crippen molar-refractivity contribution in [2.75, 3.05) is 6.54 Å². The summed E-state index contributed by atoms with van der Waals surface area (Å²) < 4.78 is 11.3. The lowest BCUT2D eigenvalue weighted by Gasteiger charge is -2.04. The summed E-state index contributed by atoms with van der Waals surface area (Å²) >= 11 is 7.49. The maximum absolute atomic E-state index is 12.4. The van der Waals surface area contributed by atoms with Gasteiger partial charge in [0.15, 0.2) is 6.61 Å². The average Bonchev–Trinajstić information content (AvgIpc) is 3.41. The van der Waals surface area contributed by atoms with Crippen molar-refractivity contribution in [3.63, 3.8) is 0 Å². The van der Waals surface area contributed by atoms with Gasteiger partial charge in [0.1, 0.15) is 11.4 Å². The van der Waals surface area contributed by atoms with Gasteiger partial charge < -0.3 is 14.5 Å². The molecule has 0 aliphatic carbocycles. The highest BCUT2D eigenvalue weighted by Gasteiger charge is 2.18. The van der Waals surface area contributed by atoms with Crippen molar-refractivity contribution in [3.05, 3.63) is 74.4 Å². The Labute approximate surface area is 188 Å². The Hall–Kier alpha value is -3.83. The number of halogens is 1. The van der Waals surface area contributed by atoms with Crippen molar-refractivity contribution in [1.82, 2.24) is 15.5 Å². The minimum atomic E-state index is -0.703. The molecule has 0 bridgehead atoms. The van der Waals surface area contributed by atoms with E-state index in [9.17, 15) is 19.7 Å². The van der Waals surface area contributed by atoms with Crippen molar-refractivity contribution in [3.8, 4) is 11.5 Å². The number of esters is 1. The molecule has 162 valence electrons. The van der Waals surface area contributed by atoms with Crippen LogP contribution >= 0.6 is 22.9 Å². The second kappa shape index (κ2) is 9.12. The molecule has 1 N–H and O–H groups in total. The number of thiophene rings is 1. The fourth-order valence-corrected chi connectivity index (χ4v) is 4.17. The number of fused-ring (bicyclic) bond motifs is 1. The highest BCUT2D eigenvalue weighted by Crippen LogP contribution is 2.34. The molecule has 12 heteroatoms. The van der Waals surface area contributed by atoms with Crippen molar-refractivity contribution in [2.24, 2.45) is 0 Å². The molecule has 0 aliphatic rings. The number of ether oxygens (including phenoxy) is 1. The maximum atomic E-state index is 12.4. The number of hydrogen-bond donors (Lipinski definition) is 1. The van der Waals surface area contributed by atoms with Gasteiger partial charge in [-0.05, 0) is 18.2 Å². The first-order valence-electron chi connectivity index (χ1n) is 9.10. The quantitative estimate of drug-likeness (QED) is 0.242. The lowest BCUT2D eigenvalue weighted by molar-refractivity contribution is -0.384. The molecule has 0 radical (unpaired) electrons. The number of hydrogen-bond acceptors (Lipinski definition) is 9. The van der Waals surface area contributed by atoms with Crippen molar-refractivity contribution >= 4 is 50.6 Å². The fraction of sp³-hybridized carbons (Fsp3) is 0.100. The molecular weight excluding hydrogens is 460 g/mol. The molecule has 0 aliphatic heterocycles. The molecule has 0 saturated carbocycles. The van der Waals surface area contributed by atoms with Crippen LogP contribution in [0.25, 0.3) is 21.5 Å². The van der Waals surface area contributed by atoms with E-state index in [0.29, 0.717) is 15.5 Å². The largest absolute Gasteiger partial charge is 0.454 e. The molecule has 2 aromatic carbocycles. The summed E-state index contributed by atoms with van der Waals surface area (Å²) in [5, 5.41) is 21.9. The number of nitrogens with zero attached hydrogens (tertiary/aromatic N) is 3. The van der Waals surface area contributed by atoms with Gasteiger partial charge in [-0.3, -0.25) is 19.7 Å². The van der Waals surface area contributed by atoms with Crippen LogP contribution in [0, 0.1) is 10.1 Å². The van der Waals surface area contributed by atoms with E-state index < -0.39 is 16.8 Å². The zero-order valence-corrected chi connectivity index (χ0v) is 17.7. The van der Waals surface area contributed by atoms with E-state index >= 15 is 0 Å². The summed E-state index contributed by atoms with van der Waals surface area (Å²) in [6.45, 7) is -0.662. The van der Waals surface area contributed by atoms with E-state index in [0.717, 1.165) is 10.1 Å². The number of carbonyl (C=O) groups excluding carboxylic acids is 2. The molecule has 0 saturated heterocycles. The smallest absolute Gasteiger partial charge is 0.325 e. The summed E-state index contributed by atoms with van der Waals surface area (Å²) in [7, 11) is 0. The second-order valence-electron chi connectivity index (χ2n) is 6.39. The number of nitro benzene ring substituents is 1. The van der Waals surface area contributed by atoms with Crippen LogP contribution in [0.3, 0.4) is 0 Å². The molecule has 2 aromatic heterocycles. The number of aromatic nitrogens is 2. The van der Waals surface area contributed by atoms with Crippen molar-refractivity contribution in [2.45, 2.75) is 6.61 Å². The van der Waals surface area contributed by atoms with Gasteiger partial charge in [0.05, 0.1) is 9.95 Å². The third-order valence-electron chi connectivity index (χ3n) is 4.28. The van der Waals surface area contributed by atoms with Crippen LogP contribution in [0.2, 0.25) is 5.02 Å². The fourth-order valence-electron chi connectivity index (χ4n) is 2.74. The van der Waals surface area contributed by atoms with Crippen LogP contribution in [0.4, 0.5) is 5.69 Å². The Balaban J connectivity index is 1.30. The Morgan fingerprint density at radius 1 is 1.16 bits per heavy atom. The lowest BCUT2D eigenvalue weighted by atomic mass is 10.2. The summed E-state index contributed by atoms with van der Waals surface area (Å²) in [4.78, 5) is 34.8. The van der Waals surface area contributed by atoms with Gasteiger partial charge in [-0.25, -0.2) is 0 Å². The number of non-ortho nitro benzene ring substituents is 1. The molecule has 0 atom stereocenters. The molecule has 0 unspecified atom stereocenters. The number of amides is 1. The van der Waals surface area contributed by atoms with Gasteiger partial charge in [0.25, 0.3) is 17.5 Å². The molecule has 2 heterocycles. The maximum Gasteiger partial charge on any atom is 0.325 e. The van der Waals surface area contributed by atoms with Crippen LogP contribution < -0.4 is 5.32 Å². The third kappa shape index (κ3) is 4.58. The molecule has 10 nitrogen and oxygen atoms in total. The summed E-state index contributed by atoms with van der Waals surface area (Å²) in [5.41, 5.74) is 0.412. The average molecular weight is 473 g/mol. The Bertz CT molecular complexity index is 1320. The number of nitro groups is 1. The van der Waals surface area contributed by atoms with E-state index in [1.807, 2.05) is 24.3 Å². The number of benzene rings is 2. The Morgan fingerprint density at radius 3 is 2.62 bits per heavy atom. The zero-order chi connectivity index (χ0) is 22.7. The molecule has 32 heavy (non-hydrogen) atoms. The first-order chi connectivity index (χ1) is 15.4. The van der Waals surface area contributed by atoms with E-state index in [2.05, 4.69) is 15.5 Å². The SMILES string of the molecule is O=C(CNC(=O)c1sc2ccccc2c1Cl)OCc1nnc(-c2ccc([N+](=O)[O-])cc2)o1. The Kier molecular flexibility index (Phi) is 6.10. The highest BCUT2D eigenvalue weighted by atomic mass is 35.5. The molecule has 1 amide bonds. The summed E-state index contributed by atoms with van der Waals surface area (Å²) in [6, 6.07) is 12.9. The van der Waals surface area contributed by atoms with E-state index in [1.165, 1.54) is 35.6 Å². The predicted molar refractivity (Wildman–Crippen MR) is 115 cm³/mol. The molecule has 4 aromatic rings. The minimum Gasteiger partial charge on any atom is -0.454 e. The van der Waals surface area contributed by atoms with Crippen molar-refractivity contribution < 1.29 is 23.7 Å². The lowest BCUT2D eigenvalue weighted by Crippen LogP contribution is -2.30. The monoisotopic (exact) mass is 472 g/mol. The number of carbonyl (C=O) groups is 2. The van der Waals surface area contributed by atoms with Gasteiger partial charge in [0, 0.05) is 27.8 Å². The van der Waals surface area contributed by atoms with Crippen LogP contribution in [-0.2, 0) is 16.1 Å². The van der Waals surface area contributed by atoms with Gasteiger partial charge in [-0.1, -0.05) is 29.8 Å². The third-order valence-corrected chi connectivity index (χ3v) is 5.96. The zero-order valence-electron chi connectivity index (χ0n) is 16.1. The van der Waals surface area contributed by atoms with Crippen molar-refractivity contribution in [1.29, 1.82) is 0 Å². The number of nitrogens with one attached hydrogen (secondary N) is 1. The van der Waals surface area contributed by atoms with Crippen LogP contribution in [-0.4, -0.2) is 33.5 Å². The van der Waals surface area contributed by atoms with Crippen LogP contribution in [0.15, 0.2) is 52.9 Å². The van der Waals surface area contributed by atoms with Crippen LogP contribution in [0.1, 0.15) is 15.6 Å². The highest BCUT2D eigenvalue weighted by molar-refractivity contribution is 7.21. The topological polar surface area (TPSA) is 137 Å². The minimum absolute atomic E-state index is 0.0329. The number of rotatable bonds is 7. The molecular formula is C20H13ClN4O6S. The van der Waals surface area contributed by atoms with Crippen LogP contribution in [0.5, 0.6) is 0 Å². The standard InChI is InChI=1S/C20H13ClN4O6S/c21-17-13-3-1-2-4-14(13)32-18(17)19(27)22-9-16(26)30-10-15-23-24-20(31-15)11-5-7-12(8-6-11)25(28)29/h1-8H,9-10H2,(H,22,27). The molecule has 4 rings (SSSR count). The van der Waals surface area contributed by atoms with Gasteiger partial charge >= 0.3 is 5.97 Å². The van der Waals surface area contributed by atoms with Gasteiger partial charge in [-0.15, -0.1) is 21.5 Å². The van der Waals surface area contributed by atoms with Gasteiger partial charge in [0.2, 0.25) is 5.89 Å². The Morgan fingerprint density at radius 2 is 1.91 bits per heavy atom. The van der Waals surface area contributed by atoms with E-state index in [4.69, 9.17) is 20.8 Å². The van der Waals surface area contributed by atoms with E-state index in [-0.39, 0.29) is 30.6 Å². The normalized spacial score (nSPS) is 10.8. The van der Waals surface area contributed by atoms with E-state index in [1.54, 1.807) is 0 Å². The van der Waals surface area contributed by atoms with Gasteiger partial charge in [-0.2, -0.15) is 0 Å². The predicted octanol–water partition coefficient (Wildman–Crippen LogP) is 3.99. The first-order valence-corrected chi connectivity index (χ1v) is 10.3. The second-order valence-corrected chi connectivity index (χ2v) is 7.82. The molecule has 0 spiro atoms.